The molecule has 0 aliphatic heterocycles. The average molecular weight is 354 g/mol. The molecule has 2 atom stereocenters. The molecule has 3 rings (SSSR count). The van der Waals surface area contributed by atoms with Gasteiger partial charge in [-0.05, 0) is 5.56 Å². The molecule has 2 heteroatoms. The van der Waals surface area contributed by atoms with Crippen LogP contribution in [0.3, 0.4) is 0 Å². The molecule has 0 saturated heterocycles. The van der Waals surface area contributed by atoms with Gasteiger partial charge in [-0.3, -0.25) is 9.59 Å². The van der Waals surface area contributed by atoms with Gasteiger partial charge in [-0.1, -0.05) is 104 Å². The van der Waals surface area contributed by atoms with Gasteiger partial charge in [0.15, 0.2) is 11.6 Å². The molecule has 0 radical (unpaired) electrons. The molecule has 0 unspecified atom stereocenters. The summed E-state index contributed by atoms with van der Waals surface area (Å²) in [5.74, 6) is -0.912. The molecular weight excluding hydrogens is 332 g/mol. The molecule has 2 nitrogen and oxygen atoms in total. The lowest BCUT2D eigenvalue weighted by atomic mass is 9.76. The van der Waals surface area contributed by atoms with Crippen molar-refractivity contribution in [3.8, 4) is 0 Å². The highest BCUT2D eigenvalue weighted by Gasteiger charge is 2.31. The van der Waals surface area contributed by atoms with E-state index in [0.29, 0.717) is 16.7 Å². The van der Waals surface area contributed by atoms with Crippen LogP contribution in [0.15, 0.2) is 103 Å². The van der Waals surface area contributed by atoms with Crippen molar-refractivity contribution in [1.82, 2.24) is 0 Å². The Labute approximate surface area is 160 Å². The normalized spacial score (nSPS) is 12.8. The van der Waals surface area contributed by atoms with Crippen molar-refractivity contribution in [3.05, 3.63) is 120 Å². The van der Waals surface area contributed by atoms with Crippen molar-refractivity contribution in [1.29, 1.82) is 0 Å². The minimum absolute atomic E-state index is 0.00599. The first-order valence-electron chi connectivity index (χ1n) is 9.02. The number of benzene rings is 3. The molecule has 0 N–H and O–H groups in total. The first-order chi connectivity index (χ1) is 13.1. The first-order valence-corrected chi connectivity index (χ1v) is 9.02. The third kappa shape index (κ3) is 4.12. The van der Waals surface area contributed by atoms with Crippen molar-refractivity contribution in [2.45, 2.75) is 12.8 Å². The molecule has 0 bridgehead atoms. The third-order valence-electron chi connectivity index (χ3n) is 4.83. The lowest BCUT2D eigenvalue weighted by Gasteiger charge is -2.25. The van der Waals surface area contributed by atoms with Crippen LogP contribution in [0.25, 0.3) is 0 Å². The summed E-state index contributed by atoms with van der Waals surface area (Å²) in [6.45, 7) is 5.97. The number of ketones is 2. The second-order valence-electron chi connectivity index (χ2n) is 6.63. The maximum absolute atomic E-state index is 13.1. The largest absolute Gasteiger partial charge is 0.294 e. The number of carbonyl (C=O) groups excluding carboxylic acids is 2. The smallest absolute Gasteiger partial charge is 0.189 e. The molecule has 3 aromatic rings. The van der Waals surface area contributed by atoms with E-state index in [4.69, 9.17) is 0 Å². The SMILES string of the molecule is C=C(C(=O)c1ccccc1)[C@H](c1ccccc1)[C@@H](C)C(=O)c1ccccc1. The zero-order chi connectivity index (χ0) is 19.2. The molecule has 0 aliphatic rings. The van der Waals surface area contributed by atoms with Gasteiger partial charge >= 0.3 is 0 Å². The van der Waals surface area contributed by atoms with E-state index in [-0.39, 0.29) is 17.5 Å². The summed E-state index contributed by atoms with van der Waals surface area (Å²) in [5, 5.41) is 0. The van der Waals surface area contributed by atoms with Crippen molar-refractivity contribution in [2.75, 3.05) is 0 Å². The van der Waals surface area contributed by atoms with Crippen LogP contribution in [0.4, 0.5) is 0 Å². The van der Waals surface area contributed by atoms with Crippen molar-refractivity contribution < 1.29 is 9.59 Å². The zero-order valence-corrected chi connectivity index (χ0v) is 15.3. The molecule has 0 spiro atoms. The maximum Gasteiger partial charge on any atom is 0.189 e. The minimum Gasteiger partial charge on any atom is -0.294 e. The van der Waals surface area contributed by atoms with Gasteiger partial charge in [0, 0.05) is 28.5 Å². The van der Waals surface area contributed by atoms with Crippen LogP contribution in [0.5, 0.6) is 0 Å². The van der Waals surface area contributed by atoms with Gasteiger partial charge in [-0.15, -0.1) is 0 Å². The van der Waals surface area contributed by atoms with E-state index in [1.807, 2.05) is 85.8 Å². The Hall–Kier alpha value is -3.26. The number of rotatable bonds is 7. The van der Waals surface area contributed by atoms with Crippen molar-refractivity contribution in [3.63, 3.8) is 0 Å². The van der Waals surface area contributed by atoms with Crippen LogP contribution in [0, 0.1) is 5.92 Å². The van der Waals surface area contributed by atoms with Gasteiger partial charge in [-0.2, -0.15) is 0 Å². The highest BCUT2D eigenvalue weighted by molar-refractivity contribution is 6.10. The Morgan fingerprint density at radius 1 is 0.704 bits per heavy atom. The first kappa shape index (κ1) is 18.5. The van der Waals surface area contributed by atoms with Gasteiger partial charge in [0.1, 0.15) is 0 Å². The van der Waals surface area contributed by atoms with Crippen LogP contribution >= 0.6 is 0 Å². The van der Waals surface area contributed by atoms with E-state index in [0.717, 1.165) is 5.56 Å². The van der Waals surface area contributed by atoms with E-state index >= 15 is 0 Å². The van der Waals surface area contributed by atoms with Gasteiger partial charge in [-0.25, -0.2) is 0 Å². The Kier molecular flexibility index (Phi) is 5.77. The highest BCUT2D eigenvalue weighted by atomic mass is 16.1. The molecule has 3 aromatic carbocycles. The molecular formula is C25H22O2. The number of hydrogen-bond donors (Lipinski definition) is 0. The molecule has 27 heavy (non-hydrogen) atoms. The lowest BCUT2D eigenvalue weighted by Crippen LogP contribution is -2.24. The van der Waals surface area contributed by atoms with E-state index in [1.165, 1.54) is 0 Å². The van der Waals surface area contributed by atoms with Crippen molar-refractivity contribution in [2.24, 2.45) is 5.92 Å². The van der Waals surface area contributed by atoms with Gasteiger partial charge in [0.2, 0.25) is 0 Å². The summed E-state index contributed by atoms with van der Waals surface area (Å²) in [4.78, 5) is 26.1. The Bertz CT molecular complexity index is 928. The summed E-state index contributed by atoms with van der Waals surface area (Å²) in [7, 11) is 0. The maximum atomic E-state index is 13.1. The fraction of sp³-hybridized carbons (Fsp3) is 0.120. The predicted octanol–water partition coefficient (Wildman–Crippen LogP) is 5.73. The summed E-state index contributed by atoms with van der Waals surface area (Å²) >= 11 is 0. The molecule has 134 valence electrons. The second kappa shape index (κ2) is 8.41. The van der Waals surface area contributed by atoms with Crippen LogP contribution in [0.2, 0.25) is 0 Å². The second-order valence-corrected chi connectivity index (χ2v) is 6.63. The molecule has 0 aromatic heterocycles. The third-order valence-corrected chi connectivity index (χ3v) is 4.83. The zero-order valence-electron chi connectivity index (χ0n) is 15.3. The number of carbonyl (C=O) groups is 2. The van der Waals surface area contributed by atoms with E-state index < -0.39 is 5.92 Å². The molecule has 0 amide bonds. The van der Waals surface area contributed by atoms with Crippen LogP contribution < -0.4 is 0 Å². The molecule has 0 heterocycles. The topological polar surface area (TPSA) is 34.1 Å². The fourth-order valence-electron chi connectivity index (χ4n) is 3.38. The monoisotopic (exact) mass is 354 g/mol. The summed E-state index contributed by atoms with van der Waals surface area (Å²) in [5.41, 5.74) is 2.58. The van der Waals surface area contributed by atoms with Crippen LogP contribution in [-0.4, -0.2) is 11.6 Å². The quantitative estimate of drug-likeness (QED) is 0.401. The average Bonchev–Trinajstić information content (AvgIpc) is 2.74. The van der Waals surface area contributed by atoms with Gasteiger partial charge < -0.3 is 0 Å². The highest BCUT2D eigenvalue weighted by Crippen LogP contribution is 2.35. The standard InChI is InChI=1S/C25H22O2/c1-18(24(26)21-14-8-4-9-15-21)23(20-12-6-3-7-13-20)19(2)25(27)22-16-10-5-11-17-22/h3-17,19,23H,1H2,2H3/t19-,23+/m1/s1. The van der Waals surface area contributed by atoms with Gasteiger partial charge in [0.25, 0.3) is 0 Å². The molecule has 0 fully saturated rings. The summed E-state index contributed by atoms with van der Waals surface area (Å²) in [6.07, 6.45) is 0. The Morgan fingerprint density at radius 3 is 1.67 bits per heavy atom. The lowest BCUT2D eigenvalue weighted by molar-refractivity contribution is 0.0913. The number of allylic oxidation sites excluding steroid dienone is 1. The van der Waals surface area contributed by atoms with E-state index in [2.05, 4.69) is 6.58 Å². The van der Waals surface area contributed by atoms with E-state index in [1.54, 1.807) is 12.1 Å². The predicted molar refractivity (Wildman–Crippen MR) is 109 cm³/mol. The number of hydrogen-bond acceptors (Lipinski definition) is 2. The summed E-state index contributed by atoms with van der Waals surface area (Å²) < 4.78 is 0. The molecule has 0 saturated carbocycles. The Balaban J connectivity index is 1.98. The number of Topliss-reactive ketones (excluding diaryl/α,β-unsaturated/α-hetero) is 2. The minimum atomic E-state index is -0.407. The van der Waals surface area contributed by atoms with Crippen LogP contribution in [-0.2, 0) is 0 Å². The van der Waals surface area contributed by atoms with Gasteiger partial charge in [0.05, 0.1) is 0 Å². The Morgan fingerprint density at radius 2 is 1.15 bits per heavy atom. The van der Waals surface area contributed by atoms with Crippen molar-refractivity contribution >= 4 is 11.6 Å². The molecule has 0 aliphatic carbocycles. The fourth-order valence-corrected chi connectivity index (χ4v) is 3.38. The summed E-state index contributed by atoms with van der Waals surface area (Å²) in [6, 6.07) is 27.9. The van der Waals surface area contributed by atoms with E-state index in [9.17, 15) is 9.59 Å². The van der Waals surface area contributed by atoms with Crippen LogP contribution in [0.1, 0.15) is 39.1 Å².